The Morgan fingerprint density at radius 3 is 2.55 bits per heavy atom. The molecule has 0 aliphatic carbocycles. The maximum atomic E-state index is 11.9. The third-order valence-corrected chi connectivity index (χ3v) is 3.05. The van der Waals surface area contributed by atoms with E-state index in [9.17, 15) is 4.79 Å². The van der Waals surface area contributed by atoms with Crippen LogP contribution < -0.4 is 5.43 Å². The molecular formula is C16H17N3O. The lowest BCUT2D eigenvalue weighted by molar-refractivity contribution is 0.0954. The molecule has 4 heteroatoms. The van der Waals surface area contributed by atoms with Crippen LogP contribution in [-0.4, -0.2) is 16.6 Å². The molecule has 20 heavy (non-hydrogen) atoms. The van der Waals surface area contributed by atoms with Crippen LogP contribution in [0, 0.1) is 13.8 Å². The Morgan fingerprint density at radius 1 is 1.15 bits per heavy atom. The first-order valence-electron chi connectivity index (χ1n) is 6.40. The Labute approximate surface area is 118 Å². The van der Waals surface area contributed by atoms with Gasteiger partial charge < -0.3 is 0 Å². The summed E-state index contributed by atoms with van der Waals surface area (Å²) in [4.78, 5) is 15.8. The highest BCUT2D eigenvalue weighted by Crippen LogP contribution is 2.11. The van der Waals surface area contributed by atoms with Gasteiger partial charge in [0.15, 0.2) is 0 Å². The molecule has 0 fully saturated rings. The van der Waals surface area contributed by atoms with Gasteiger partial charge in [-0.25, -0.2) is 5.43 Å². The topological polar surface area (TPSA) is 54.4 Å². The summed E-state index contributed by atoms with van der Waals surface area (Å²) >= 11 is 0. The summed E-state index contributed by atoms with van der Waals surface area (Å²) in [6.07, 6.45) is 3.16. The maximum Gasteiger partial charge on any atom is 0.271 e. The van der Waals surface area contributed by atoms with Crippen LogP contribution in [0.3, 0.4) is 0 Å². The predicted molar refractivity (Wildman–Crippen MR) is 79.8 cm³/mol. The van der Waals surface area contributed by atoms with E-state index in [1.165, 1.54) is 5.56 Å². The van der Waals surface area contributed by atoms with E-state index >= 15 is 0 Å². The zero-order valence-corrected chi connectivity index (χ0v) is 11.8. The Bertz CT molecular complexity index is 648. The van der Waals surface area contributed by atoms with Gasteiger partial charge in [-0.2, -0.15) is 5.10 Å². The van der Waals surface area contributed by atoms with Gasteiger partial charge in [0.1, 0.15) is 0 Å². The van der Waals surface area contributed by atoms with Crippen molar-refractivity contribution in [2.45, 2.75) is 20.8 Å². The van der Waals surface area contributed by atoms with Crippen LogP contribution in [0.5, 0.6) is 0 Å². The van der Waals surface area contributed by atoms with E-state index in [1.807, 2.05) is 26.8 Å². The number of amides is 1. The second kappa shape index (κ2) is 6.10. The molecule has 0 saturated heterocycles. The minimum atomic E-state index is -0.239. The average Bonchev–Trinajstić information content (AvgIpc) is 2.47. The van der Waals surface area contributed by atoms with E-state index in [-0.39, 0.29) is 5.91 Å². The van der Waals surface area contributed by atoms with Crippen molar-refractivity contribution in [2.75, 3.05) is 0 Å². The molecule has 0 saturated carbocycles. The number of pyridine rings is 1. The minimum absolute atomic E-state index is 0.239. The van der Waals surface area contributed by atoms with E-state index in [2.05, 4.69) is 27.6 Å². The summed E-state index contributed by atoms with van der Waals surface area (Å²) in [7, 11) is 0. The van der Waals surface area contributed by atoms with Gasteiger partial charge in [0.2, 0.25) is 0 Å². The molecule has 0 atom stereocenters. The Hall–Kier alpha value is -2.49. The number of carbonyl (C=O) groups is 1. The highest BCUT2D eigenvalue weighted by molar-refractivity contribution is 6.01. The summed E-state index contributed by atoms with van der Waals surface area (Å²) in [5.74, 6) is -0.239. The number of benzene rings is 1. The normalized spacial score (nSPS) is 11.2. The fraction of sp³-hybridized carbons (Fsp3) is 0.188. The molecule has 1 aromatic heterocycles. The van der Waals surface area contributed by atoms with E-state index in [4.69, 9.17) is 0 Å². The number of hydrogen-bond acceptors (Lipinski definition) is 3. The third kappa shape index (κ3) is 3.29. The molecule has 0 aliphatic rings. The summed E-state index contributed by atoms with van der Waals surface area (Å²) < 4.78 is 0. The summed E-state index contributed by atoms with van der Waals surface area (Å²) in [6.45, 7) is 5.94. The number of rotatable bonds is 3. The molecular weight excluding hydrogens is 250 g/mol. The smallest absolute Gasteiger partial charge is 0.267 e. The minimum Gasteiger partial charge on any atom is -0.267 e. The summed E-state index contributed by atoms with van der Waals surface area (Å²) in [5.41, 5.74) is 7.23. The molecule has 102 valence electrons. The molecule has 4 nitrogen and oxygen atoms in total. The van der Waals surface area contributed by atoms with Crippen molar-refractivity contribution in [1.82, 2.24) is 10.4 Å². The molecule has 0 aliphatic heterocycles. The van der Waals surface area contributed by atoms with Gasteiger partial charge in [0, 0.05) is 23.5 Å². The van der Waals surface area contributed by atoms with Gasteiger partial charge in [0.05, 0.1) is 5.71 Å². The maximum absolute atomic E-state index is 11.9. The van der Waals surface area contributed by atoms with Gasteiger partial charge in [-0.3, -0.25) is 9.78 Å². The predicted octanol–water partition coefficient (Wildman–Crippen LogP) is 2.85. The monoisotopic (exact) mass is 267 g/mol. The Balaban J connectivity index is 2.15. The Kier molecular flexibility index (Phi) is 4.25. The first-order valence-corrected chi connectivity index (χ1v) is 6.40. The molecule has 1 amide bonds. The fourth-order valence-electron chi connectivity index (χ4n) is 1.89. The zero-order valence-electron chi connectivity index (χ0n) is 11.8. The van der Waals surface area contributed by atoms with E-state index < -0.39 is 0 Å². The van der Waals surface area contributed by atoms with Crippen molar-refractivity contribution in [2.24, 2.45) is 5.10 Å². The first-order chi connectivity index (χ1) is 9.58. The molecule has 0 radical (unpaired) electrons. The lowest BCUT2D eigenvalue weighted by Crippen LogP contribution is -2.19. The number of nitrogens with one attached hydrogen (secondary N) is 1. The first kappa shape index (κ1) is 13.9. The third-order valence-electron chi connectivity index (χ3n) is 3.05. The molecule has 2 aromatic rings. The summed E-state index contributed by atoms with van der Waals surface area (Å²) in [5, 5.41) is 4.17. The van der Waals surface area contributed by atoms with Crippen LogP contribution in [0.1, 0.15) is 34.0 Å². The van der Waals surface area contributed by atoms with Gasteiger partial charge in [0.25, 0.3) is 5.91 Å². The SMILES string of the molecule is C/C(=N/NC(=O)c1ccncc1)c1cc(C)ccc1C. The van der Waals surface area contributed by atoms with Crippen molar-refractivity contribution in [1.29, 1.82) is 0 Å². The number of aryl methyl sites for hydroxylation is 2. The van der Waals surface area contributed by atoms with Gasteiger partial charge in [-0.05, 0) is 44.5 Å². The number of hydrogen-bond donors (Lipinski definition) is 1. The van der Waals surface area contributed by atoms with Crippen molar-refractivity contribution >= 4 is 11.6 Å². The zero-order chi connectivity index (χ0) is 14.5. The van der Waals surface area contributed by atoms with Crippen LogP contribution in [0.2, 0.25) is 0 Å². The molecule has 1 heterocycles. The van der Waals surface area contributed by atoms with E-state index in [0.717, 1.165) is 16.8 Å². The lowest BCUT2D eigenvalue weighted by Gasteiger charge is -2.07. The highest BCUT2D eigenvalue weighted by Gasteiger charge is 2.05. The van der Waals surface area contributed by atoms with Crippen LogP contribution in [-0.2, 0) is 0 Å². The second-order valence-electron chi connectivity index (χ2n) is 4.69. The summed E-state index contributed by atoms with van der Waals surface area (Å²) in [6, 6.07) is 9.47. The Morgan fingerprint density at radius 2 is 1.85 bits per heavy atom. The fourth-order valence-corrected chi connectivity index (χ4v) is 1.89. The lowest BCUT2D eigenvalue weighted by atomic mass is 10.0. The molecule has 0 bridgehead atoms. The average molecular weight is 267 g/mol. The van der Waals surface area contributed by atoms with Crippen LogP contribution in [0.15, 0.2) is 47.8 Å². The molecule has 1 aromatic carbocycles. The largest absolute Gasteiger partial charge is 0.271 e. The number of carbonyl (C=O) groups excluding carboxylic acids is 1. The second-order valence-corrected chi connectivity index (χ2v) is 4.69. The van der Waals surface area contributed by atoms with Crippen molar-refractivity contribution in [3.05, 3.63) is 65.0 Å². The van der Waals surface area contributed by atoms with Gasteiger partial charge >= 0.3 is 0 Å². The molecule has 1 N–H and O–H groups in total. The van der Waals surface area contributed by atoms with Crippen LogP contribution >= 0.6 is 0 Å². The number of nitrogens with zero attached hydrogens (tertiary/aromatic N) is 2. The molecule has 0 unspecified atom stereocenters. The van der Waals surface area contributed by atoms with Gasteiger partial charge in [-0.15, -0.1) is 0 Å². The quantitative estimate of drug-likeness (QED) is 0.686. The van der Waals surface area contributed by atoms with Gasteiger partial charge in [-0.1, -0.05) is 17.7 Å². The van der Waals surface area contributed by atoms with Crippen molar-refractivity contribution in [3.8, 4) is 0 Å². The van der Waals surface area contributed by atoms with E-state index in [1.54, 1.807) is 24.5 Å². The molecule has 0 spiro atoms. The van der Waals surface area contributed by atoms with Crippen molar-refractivity contribution < 1.29 is 4.79 Å². The highest BCUT2D eigenvalue weighted by atomic mass is 16.2. The van der Waals surface area contributed by atoms with E-state index in [0.29, 0.717) is 5.56 Å². The van der Waals surface area contributed by atoms with Crippen LogP contribution in [0.4, 0.5) is 0 Å². The van der Waals surface area contributed by atoms with Crippen LogP contribution in [0.25, 0.3) is 0 Å². The standard InChI is InChI=1S/C16H17N3O/c1-11-4-5-12(2)15(10-11)13(3)18-19-16(20)14-6-8-17-9-7-14/h4-10H,1-3H3,(H,19,20)/b18-13-. The molecule has 2 rings (SSSR count). The van der Waals surface area contributed by atoms with Crippen molar-refractivity contribution in [3.63, 3.8) is 0 Å². The number of aromatic nitrogens is 1. The number of hydrazone groups is 1.